The molecule has 0 saturated carbocycles. The second-order valence-electron chi connectivity index (χ2n) is 4.67. The smallest absolute Gasteiger partial charge is 0.323 e. The minimum absolute atomic E-state index is 0.0916. The molecule has 0 aliphatic heterocycles. The minimum Gasteiger partial charge on any atom is -0.487 e. The highest BCUT2D eigenvalue weighted by atomic mass is 16.6. The molecule has 0 spiro atoms. The van der Waals surface area contributed by atoms with Crippen LogP contribution in [0.2, 0.25) is 0 Å². The molecule has 7 nitrogen and oxygen atoms in total. The quantitative estimate of drug-likeness (QED) is 0.411. The summed E-state index contributed by atoms with van der Waals surface area (Å²) in [5.41, 5.74) is -1.07. The molecule has 21 heavy (non-hydrogen) atoms. The Morgan fingerprint density at radius 1 is 1.48 bits per heavy atom. The van der Waals surface area contributed by atoms with Crippen LogP contribution in [0, 0.1) is 10.1 Å². The zero-order valence-corrected chi connectivity index (χ0v) is 12.2. The largest absolute Gasteiger partial charge is 0.487 e. The van der Waals surface area contributed by atoms with E-state index >= 15 is 0 Å². The number of nitro benzene ring substituents is 1. The molecule has 0 saturated heterocycles. The van der Waals surface area contributed by atoms with Crippen molar-refractivity contribution in [3.05, 3.63) is 34.4 Å². The van der Waals surface area contributed by atoms with Crippen molar-refractivity contribution in [1.29, 1.82) is 0 Å². The molecule has 0 radical (unpaired) electrons. The molecule has 1 aromatic rings. The lowest BCUT2D eigenvalue weighted by Gasteiger charge is -2.27. The van der Waals surface area contributed by atoms with Gasteiger partial charge in [-0.15, -0.1) is 0 Å². The fraction of sp³-hybridized carbons (Fsp3) is 0.500. The van der Waals surface area contributed by atoms with Gasteiger partial charge in [-0.3, -0.25) is 14.9 Å². The number of nitro groups is 1. The topological polar surface area (TPSA) is 102 Å². The number of hydrogen-bond acceptors (Lipinski definition) is 5. The van der Waals surface area contributed by atoms with Crippen LogP contribution in [0.25, 0.3) is 0 Å². The SMILES string of the molecule is CCC(CCCOc1ccccc1[N+](=O)[O-])(NC)C(=O)O. The normalized spacial score (nSPS) is 13.4. The van der Waals surface area contributed by atoms with Gasteiger partial charge >= 0.3 is 11.7 Å². The van der Waals surface area contributed by atoms with Crippen LogP contribution in [0.15, 0.2) is 24.3 Å². The van der Waals surface area contributed by atoms with Crippen LogP contribution in [0.5, 0.6) is 5.75 Å². The first kappa shape index (κ1) is 16.9. The number of hydrogen-bond donors (Lipinski definition) is 2. The van der Waals surface area contributed by atoms with Gasteiger partial charge in [0.1, 0.15) is 5.54 Å². The maximum Gasteiger partial charge on any atom is 0.323 e. The molecule has 0 bridgehead atoms. The molecule has 0 aliphatic carbocycles. The number of aliphatic carboxylic acids is 1. The molecule has 0 heterocycles. The first-order valence-electron chi connectivity index (χ1n) is 6.75. The van der Waals surface area contributed by atoms with E-state index in [1.54, 1.807) is 26.1 Å². The number of nitrogens with zero attached hydrogens (tertiary/aromatic N) is 1. The predicted octanol–water partition coefficient (Wildman–Crippen LogP) is 2.21. The summed E-state index contributed by atoms with van der Waals surface area (Å²) in [4.78, 5) is 21.6. The summed E-state index contributed by atoms with van der Waals surface area (Å²) >= 11 is 0. The van der Waals surface area contributed by atoms with E-state index in [1.807, 2.05) is 0 Å². The summed E-state index contributed by atoms with van der Waals surface area (Å²) < 4.78 is 5.40. The van der Waals surface area contributed by atoms with Gasteiger partial charge in [0.2, 0.25) is 0 Å². The number of para-hydroxylation sites is 2. The number of carboxylic acid groups (broad SMARTS) is 1. The van der Waals surface area contributed by atoms with Crippen molar-refractivity contribution in [2.24, 2.45) is 0 Å². The molecule has 2 N–H and O–H groups in total. The summed E-state index contributed by atoms with van der Waals surface area (Å²) in [6.07, 6.45) is 1.31. The van der Waals surface area contributed by atoms with Gasteiger partial charge in [-0.05, 0) is 32.4 Å². The molecule has 0 amide bonds. The van der Waals surface area contributed by atoms with E-state index in [9.17, 15) is 20.0 Å². The molecule has 7 heteroatoms. The van der Waals surface area contributed by atoms with Gasteiger partial charge in [0, 0.05) is 6.07 Å². The standard InChI is InChI=1S/C14H20N2O5/c1-3-14(15-2,13(17)18)9-6-10-21-12-8-5-4-7-11(12)16(19)20/h4-5,7-8,15H,3,6,9-10H2,1-2H3,(H,17,18). The number of likely N-dealkylation sites (N-methyl/N-ethyl adjacent to an activating group) is 1. The molecule has 0 aliphatic rings. The number of carboxylic acids is 1. The fourth-order valence-corrected chi connectivity index (χ4v) is 2.13. The first-order valence-corrected chi connectivity index (χ1v) is 6.75. The van der Waals surface area contributed by atoms with Crippen molar-refractivity contribution in [1.82, 2.24) is 5.32 Å². The van der Waals surface area contributed by atoms with Crippen molar-refractivity contribution in [2.45, 2.75) is 31.7 Å². The zero-order valence-electron chi connectivity index (χ0n) is 12.2. The summed E-state index contributed by atoms with van der Waals surface area (Å²) in [5.74, 6) is -0.706. The van der Waals surface area contributed by atoms with Crippen LogP contribution in [0.4, 0.5) is 5.69 Å². The molecular weight excluding hydrogens is 276 g/mol. The molecular formula is C14H20N2O5. The van der Waals surface area contributed by atoms with Gasteiger partial charge in [-0.2, -0.15) is 0 Å². The summed E-state index contributed by atoms with van der Waals surface area (Å²) in [7, 11) is 1.61. The minimum atomic E-state index is -0.980. The lowest BCUT2D eigenvalue weighted by molar-refractivity contribution is -0.385. The van der Waals surface area contributed by atoms with E-state index in [-0.39, 0.29) is 18.0 Å². The first-order chi connectivity index (χ1) is 9.96. The fourth-order valence-electron chi connectivity index (χ4n) is 2.13. The number of ether oxygens (including phenoxy) is 1. The average molecular weight is 296 g/mol. The zero-order chi connectivity index (χ0) is 15.9. The summed E-state index contributed by atoms with van der Waals surface area (Å²) in [6.45, 7) is 2.02. The van der Waals surface area contributed by atoms with Gasteiger partial charge < -0.3 is 15.2 Å². The molecule has 116 valence electrons. The average Bonchev–Trinajstić information content (AvgIpc) is 2.48. The van der Waals surface area contributed by atoms with Gasteiger partial charge in [0.25, 0.3) is 0 Å². The van der Waals surface area contributed by atoms with Crippen LogP contribution in [0.1, 0.15) is 26.2 Å². The van der Waals surface area contributed by atoms with Gasteiger partial charge in [-0.25, -0.2) is 0 Å². The van der Waals surface area contributed by atoms with E-state index in [0.717, 1.165) is 0 Å². The van der Waals surface area contributed by atoms with Crippen molar-refractivity contribution in [2.75, 3.05) is 13.7 Å². The maximum absolute atomic E-state index is 11.3. The Hall–Kier alpha value is -2.15. The number of carbonyl (C=O) groups is 1. The highest BCUT2D eigenvalue weighted by molar-refractivity contribution is 5.78. The Morgan fingerprint density at radius 2 is 2.14 bits per heavy atom. The van der Waals surface area contributed by atoms with E-state index in [1.165, 1.54) is 12.1 Å². The molecule has 1 unspecified atom stereocenters. The van der Waals surface area contributed by atoms with Crippen molar-refractivity contribution < 1.29 is 19.6 Å². The van der Waals surface area contributed by atoms with E-state index in [4.69, 9.17) is 4.74 Å². The monoisotopic (exact) mass is 296 g/mol. The Labute approximate surface area is 123 Å². The highest BCUT2D eigenvalue weighted by Crippen LogP contribution is 2.26. The van der Waals surface area contributed by atoms with Crippen LogP contribution in [0.3, 0.4) is 0 Å². The Bertz CT molecular complexity index is 500. The highest BCUT2D eigenvalue weighted by Gasteiger charge is 2.34. The van der Waals surface area contributed by atoms with Gasteiger partial charge in [-0.1, -0.05) is 19.1 Å². The maximum atomic E-state index is 11.3. The van der Waals surface area contributed by atoms with Crippen molar-refractivity contribution in [3.8, 4) is 5.75 Å². The number of benzene rings is 1. The van der Waals surface area contributed by atoms with Gasteiger partial charge in [0.05, 0.1) is 11.5 Å². The molecule has 0 fully saturated rings. The Balaban J connectivity index is 2.58. The molecule has 1 aromatic carbocycles. The number of nitrogens with one attached hydrogen (secondary N) is 1. The third kappa shape index (κ3) is 4.16. The third-order valence-electron chi connectivity index (χ3n) is 3.56. The molecule has 0 aromatic heterocycles. The lowest BCUT2D eigenvalue weighted by atomic mass is 9.91. The second-order valence-corrected chi connectivity index (χ2v) is 4.67. The lowest BCUT2D eigenvalue weighted by Crippen LogP contribution is -2.50. The summed E-state index contributed by atoms with van der Waals surface area (Å²) in [5, 5.41) is 22.9. The van der Waals surface area contributed by atoms with E-state index in [0.29, 0.717) is 19.3 Å². The third-order valence-corrected chi connectivity index (χ3v) is 3.56. The summed E-state index contributed by atoms with van der Waals surface area (Å²) in [6, 6.07) is 6.12. The van der Waals surface area contributed by atoms with Crippen molar-refractivity contribution >= 4 is 11.7 Å². The molecule has 1 rings (SSSR count). The predicted molar refractivity (Wildman–Crippen MR) is 77.5 cm³/mol. The number of rotatable bonds is 9. The van der Waals surface area contributed by atoms with Crippen molar-refractivity contribution in [3.63, 3.8) is 0 Å². The Morgan fingerprint density at radius 3 is 2.67 bits per heavy atom. The van der Waals surface area contributed by atoms with Crippen LogP contribution in [-0.4, -0.2) is 35.2 Å². The van der Waals surface area contributed by atoms with Gasteiger partial charge in [0.15, 0.2) is 5.75 Å². The van der Waals surface area contributed by atoms with E-state index in [2.05, 4.69) is 5.32 Å². The van der Waals surface area contributed by atoms with Crippen LogP contribution in [-0.2, 0) is 4.79 Å². The molecule has 1 atom stereocenters. The van der Waals surface area contributed by atoms with E-state index < -0.39 is 16.4 Å². The van der Waals surface area contributed by atoms with Crippen LogP contribution >= 0.6 is 0 Å². The second kappa shape index (κ2) is 7.58. The Kier molecular flexibility index (Phi) is 6.10. The van der Waals surface area contributed by atoms with Crippen LogP contribution < -0.4 is 10.1 Å².